The Balaban J connectivity index is 0.00000171. The Morgan fingerprint density at radius 2 is 1.84 bits per heavy atom. The summed E-state index contributed by atoms with van der Waals surface area (Å²) in [6, 6.07) is 8.50. The van der Waals surface area contributed by atoms with Crippen molar-refractivity contribution in [2.75, 3.05) is 24.5 Å². The molecule has 3 heterocycles. The molecule has 0 aliphatic carbocycles. The number of carbonyl (C=O) groups is 1. The number of hydroxylamine groups is 1. The van der Waals surface area contributed by atoms with Crippen molar-refractivity contribution < 1.29 is 10.0 Å². The van der Waals surface area contributed by atoms with Crippen LogP contribution < -0.4 is 15.7 Å². The quantitative estimate of drug-likeness (QED) is 0.381. The first-order valence-electron chi connectivity index (χ1n) is 9.91. The molecule has 0 saturated carbocycles. The molecule has 168 valence electrons. The van der Waals surface area contributed by atoms with Crippen LogP contribution >= 0.6 is 24.8 Å². The Kier molecular flexibility index (Phi) is 9.06. The summed E-state index contributed by atoms with van der Waals surface area (Å²) >= 11 is 0. The highest BCUT2D eigenvalue weighted by Gasteiger charge is 2.21. The summed E-state index contributed by atoms with van der Waals surface area (Å²) in [6.45, 7) is 3.66. The van der Waals surface area contributed by atoms with Gasteiger partial charge in [-0.1, -0.05) is 18.2 Å². The summed E-state index contributed by atoms with van der Waals surface area (Å²) in [5.74, 6) is 0.648. The van der Waals surface area contributed by atoms with E-state index in [1.807, 2.05) is 0 Å². The number of carbonyl (C=O) groups excluding carboxylic acids is 1. The third kappa shape index (κ3) is 5.65. The maximum Gasteiger partial charge on any atom is 0.277 e. The van der Waals surface area contributed by atoms with Gasteiger partial charge in [0.1, 0.15) is 0 Å². The molecular weight excluding hydrogens is 439 g/mol. The largest absolute Gasteiger partial charge is 0.350 e. The Hall–Kier alpha value is -2.39. The normalized spacial score (nSPS) is 14.1. The molecular formula is C21H28Cl2N6O2. The van der Waals surface area contributed by atoms with E-state index in [9.17, 15) is 4.79 Å². The molecule has 1 aliphatic rings. The van der Waals surface area contributed by atoms with Gasteiger partial charge in [0.05, 0.1) is 5.56 Å². The molecule has 31 heavy (non-hydrogen) atoms. The Morgan fingerprint density at radius 1 is 1.16 bits per heavy atom. The maximum absolute atomic E-state index is 11.4. The number of hydrogen-bond donors (Lipinski definition) is 3. The molecule has 2 aromatic heterocycles. The van der Waals surface area contributed by atoms with Crippen molar-refractivity contribution in [2.45, 2.75) is 19.4 Å². The fraction of sp³-hybridized carbons (Fsp3) is 0.381. The third-order valence-electron chi connectivity index (χ3n) is 5.63. The van der Waals surface area contributed by atoms with Gasteiger partial charge in [-0.25, -0.2) is 15.4 Å². The average molecular weight is 467 g/mol. The minimum Gasteiger partial charge on any atom is -0.350 e. The van der Waals surface area contributed by atoms with Crippen molar-refractivity contribution in [2.24, 2.45) is 13.0 Å². The van der Waals surface area contributed by atoms with Gasteiger partial charge in [0.25, 0.3) is 5.91 Å². The monoisotopic (exact) mass is 466 g/mol. The SMILES string of the molecule is Cl.Cl.Cn1cc(CNCC2CCN(c3ncc(C(=O)NO)cn3)CC2)c2ccccc21. The molecule has 1 fully saturated rings. The highest BCUT2D eigenvalue weighted by Crippen LogP contribution is 2.22. The Bertz CT molecular complexity index is 987. The van der Waals surface area contributed by atoms with E-state index < -0.39 is 5.91 Å². The predicted molar refractivity (Wildman–Crippen MR) is 125 cm³/mol. The number of hydrogen-bond acceptors (Lipinski definition) is 6. The molecule has 0 bridgehead atoms. The van der Waals surface area contributed by atoms with Gasteiger partial charge in [-0.05, 0) is 36.9 Å². The van der Waals surface area contributed by atoms with E-state index in [2.05, 4.69) is 62.3 Å². The standard InChI is InChI=1S/C21H26N6O2.2ClH/c1-26-14-17(18-4-2-3-5-19(18)26)11-22-10-15-6-8-27(9-7-15)21-23-12-16(13-24-21)20(28)25-29;;/h2-5,12-15,22,29H,6-11H2,1H3,(H,25,28);2*1H. The number of rotatable bonds is 6. The lowest BCUT2D eigenvalue weighted by atomic mass is 9.97. The van der Waals surface area contributed by atoms with Crippen molar-refractivity contribution >= 4 is 47.6 Å². The summed E-state index contributed by atoms with van der Waals surface area (Å²) < 4.78 is 2.18. The number of amides is 1. The van der Waals surface area contributed by atoms with Crippen molar-refractivity contribution in [1.29, 1.82) is 0 Å². The number of halogens is 2. The Labute approximate surface area is 193 Å². The first-order chi connectivity index (χ1) is 14.2. The number of nitrogens with zero attached hydrogens (tertiary/aromatic N) is 4. The van der Waals surface area contributed by atoms with E-state index >= 15 is 0 Å². The number of fused-ring (bicyclic) bond motifs is 1. The minimum absolute atomic E-state index is 0. The maximum atomic E-state index is 11.4. The molecule has 10 heteroatoms. The number of para-hydroxylation sites is 1. The number of anilines is 1. The number of aromatic nitrogens is 3. The first-order valence-corrected chi connectivity index (χ1v) is 9.91. The number of nitrogens with one attached hydrogen (secondary N) is 2. The molecule has 8 nitrogen and oxygen atoms in total. The van der Waals surface area contributed by atoms with Crippen molar-refractivity contribution in [3.63, 3.8) is 0 Å². The zero-order valence-electron chi connectivity index (χ0n) is 17.3. The van der Waals surface area contributed by atoms with E-state index in [0.717, 1.165) is 39.0 Å². The van der Waals surface area contributed by atoms with Crippen LogP contribution in [0.25, 0.3) is 10.9 Å². The van der Waals surface area contributed by atoms with Crippen molar-refractivity contribution in [3.05, 3.63) is 54.0 Å². The number of aryl methyl sites for hydroxylation is 1. The van der Waals surface area contributed by atoms with Crippen molar-refractivity contribution in [3.8, 4) is 0 Å². The summed E-state index contributed by atoms with van der Waals surface area (Å²) in [7, 11) is 2.09. The van der Waals surface area contributed by atoms with Gasteiger partial charge in [-0.2, -0.15) is 0 Å². The van der Waals surface area contributed by atoms with Gasteiger partial charge in [0.2, 0.25) is 5.95 Å². The molecule has 0 unspecified atom stereocenters. The Morgan fingerprint density at radius 3 is 2.52 bits per heavy atom. The van der Waals surface area contributed by atoms with Crippen LogP contribution in [0.1, 0.15) is 28.8 Å². The molecule has 4 rings (SSSR count). The molecule has 1 aromatic carbocycles. The lowest BCUT2D eigenvalue weighted by molar-refractivity contribution is 0.0705. The first kappa shape index (κ1) is 24.9. The van der Waals surface area contributed by atoms with Crippen LogP contribution in [-0.4, -0.2) is 45.3 Å². The summed E-state index contributed by atoms with van der Waals surface area (Å²) in [6.07, 6.45) is 7.23. The van der Waals surface area contributed by atoms with Crippen LogP contribution in [0.2, 0.25) is 0 Å². The smallest absolute Gasteiger partial charge is 0.277 e. The fourth-order valence-electron chi connectivity index (χ4n) is 3.98. The fourth-order valence-corrected chi connectivity index (χ4v) is 3.98. The summed E-state index contributed by atoms with van der Waals surface area (Å²) in [5, 5.41) is 13.6. The topological polar surface area (TPSA) is 95.3 Å². The van der Waals surface area contributed by atoms with Gasteiger partial charge >= 0.3 is 0 Å². The van der Waals surface area contributed by atoms with Gasteiger partial charge < -0.3 is 14.8 Å². The van der Waals surface area contributed by atoms with Gasteiger partial charge in [0, 0.05) is 56.2 Å². The van der Waals surface area contributed by atoms with Crippen LogP contribution in [-0.2, 0) is 13.6 Å². The van der Waals surface area contributed by atoms with Crippen LogP contribution in [0, 0.1) is 5.92 Å². The molecule has 3 N–H and O–H groups in total. The van der Waals surface area contributed by atoms with Crippen molar-refractivity contribution in [1.82, 2.24) is 25.3 Å². The highest BCUT2D eigenvalue weighted by atomic mass is 35.5. The van der Waals surface area contributed by atoms with E-state index in [4.69, 9.17) is 5.21 Å². The van der Waals surface area contributed by atoms with Crippen LogP contribution in [0.15, 0.2) is 42.9 Å². The predicted octanol–water partition coefficient (Wildman–Crippen LogP) is 2.94. The van der Waals surface area contributed by atoms with Gasteiger partial charge in [0.15, 0.2) is 0 Å². The second kappa shape index (κ2) is 11.3. The minimum atomic E-state index is -0.604. The molecule has 0 radical (unpaired) electrons. The van der Waals surface area contributed by atoms with E-state index in [0.29, 0.717) is 11.9 Å². The lowest BCUT2D eigenvalue weighted by Crippen LogP contribution is -2.38. The molecule has 1 saturated heterocycles. The van der Waals surface area contributed by atoms with E-state index in [1.165, 1.54) is 28.9 Å². The van der Waals surface area contributed by atoms with E-state index in [1.54, 1.807) is 5.48 Å². The molecule has 1 aliphatic heterocycles. The zero-order chi connectivity index (χ0) is 20.2. The van der Waals surface area contributed by atoms with Crippen LogP contribution in [0.3, 0.4) is 0 Å². The van der Waals surface area contributed by atoms with Crippen LogP contribution in [0.5, 0.6) is 0 Å². The molecule has 3 aromatic rings. The van der Waals surface area contributed by atoms with Crippen LogP contribution in [0.4, 0.5) is 5.95 Å². The second-order valence-electron chi connectivity index (χ2n) is 7.56. The summed E-state index contributed by atoms with van der Waals surface area (Å²) in [4.78, 5) is 22.0. The van der Waals surface area contributed by atoms with Gasteiger partial charge in [-0.15, -0.1) is 24.8 Å². The summed E-state index contributed by atoms with van der Waals surface area (Å²) in [5.41, 5.74) is 4.43. The third-order valence-corrected chi connectivity index (χ3v) is 5.63. The van der Waals surface area contributed by atoms with Gasteiger partial charge in [-0.3, -0.25) is 10.0 Å². The lowest BCUT2D eigenvalue weighted by Gasteiger charge is -2.32. The zero-order valence-corrected chi connectivity index (χ0v) is 19.0. The van der Waals surface area contributed by atoms with E-state index in [-0.39, 0.29) is 30.4 Å². The molecule has 1 amide bonds. The highest BCUT2D eigenvalue weighted by molar-refractivity contribution is 5.92. The number of benzene rings is 1. The molecule has 0 atom stereocenters. The number of piperidine rings is 1. The average Bonchev–Trinajstić information content (AvgIpc) is 3.10. The second-order valence-corrected chi connectivity index (χ2v) is 7.56. The molecule has 0 spiro atoms.